The predicted molar refractivity (Wildman–Crippen MR) is 55.3 cm³/mol. The molecule has 0 heterocycles. The number of ether oxygens (including phenoxy) is 1. The maximum absolute atomic E-state index is 12.3. The van der Waals surface area contributed by atoms with Gasteiger partial charge in [-0.25, -0.2) is 8.78 Å². The van der Waals surface area contributed by atoms with Gasteiger partial charge in [-0.15, -0.1) is 0 Å². The fourth-order valence-corrected chi connectivity index (χ4v) is 1.55. The Bertz CT molecular complexity index is 360. The Morgan fingerprint density at radius 1 is 1.47 bits per heavy atom. The third kappa shape index (κ3) is 2.57. The van der Waals surface area contributed by atoms with Crippen LogP contribution in [0.1, 0.15) is 11.6 Å². The number of benzene rings is 1. The first-order valence-electron chi connectivity index (χ1n) is 4.07. The Kier molecular flexibility index (Phi) is 3.87. The van der Waals surface area contributed by atoms with Crippen molar-refractivity contribution in [3.8, 4) is 11.5 Å². The molecule has 0 spiro atoms. The third-order valence-electron chi connectivity index (χ3n) is 1.93. The molecule has 1 atom stereocenters. The zero-order valence-electron chi connectivity index (χ0n) is 7.88. The van der Waals surface area contributed by atoms with Crippen LogP contribution < -0.4 is 10.5 Å². The molecule has 1 aromatic rings. The maximum atomic E-state index is 12.3. The van der Waals surface area contributed by atoms with Crippen LogP contribution in [0.25, 0.3) is 0 Å². The molecule has 15 heavy (non-hydrogen) atoms. The zero-order valence-corrected chi connectivity index (χ0v) is 9.46. The molecule has 0 radical (unpaired) electrons. The molecular formula is C9H10BrF2NO2. The number of rotatable bonds is 3. The largest absolute Gasteiger partial charge is 0.503 e. The van der Waals surface area contributed by atoms with E-state index in [0.717, 1.165) is 0 Å². The number of alkyl halides is 2. The molecule has 0 saturated carbocycles. The van der Waals surface area contributed by atoms with Crippen molar-refractivity contribution in [2.45, 2.75) is 12.5 Å². The molecule has 0 saturated heterocycles. The number of aromatic hydroxyl groups is 1. The van der Waals surface area contributed by atoms with Gasteiger partial charge in [0.1, 0.15) is 0 Å². The summed E-state index contributed by atoms with van der Waals surface area (Å²) in [5.41, 5.74) is 5.47. The predicted octanol–water partition coefficient (Wildman–Crippen LogP) is 2.43. The quantitative estimate of drug-likeness (QED) is 0.895. The van der Waals surface area contributed by atoms with Crippen LogP contribution in [0.2, 0.25) is 0 Å². The summed E-state index contributed by atoms with van der Waals surface area (Å²) in [6, 6.07) is 1.24. The molecule has 0 aliphatic heterocycles. The molecule has 3 N–H and O–H groups in total. The van der Waals surface area contributed by atoms with E-state index in [0.29, 0.717) is 0 Å². The van der Waals surface area contributed by atoms with Gasteiger partial charge in [-0.05, 0) is 33.6 Å². The lowest BCUT2D eigenvalue weighted by atomic mass is 10.1. The maximum Gasteiger partial charge on any atom is 0.257 e. The van der Waals surface area contributed by atoms with Crippen molar-refractivity contribution in [3.05, 3.63) is 22.2 Å². The van der Waals surface area contributed by atoms with Gasteiger partial charge in [0.2, 0.25) is 0 Å². The summed E-state index contributed by atoms with van der Waals surface area (Å²) >= 11 is 3.02. The number of methoxy groups -OCH3 is 1. The molecule has 0 aliphatic carbocycles. The van der Waals surface area contributed by atoms with E-state index in [9.17, 15) is 13.9 Å². The van der Waals surface area contributed by atoms with Crippen LogP contribution in [-0.4, -0.2) is 18.6 Å². The fraction of sp³-hybridized carbons (Fsp3) is 0.333. The van der Waals surface area contributed by atoms with Gasteiger partial charge in [-0.3, -0.25) is 0 Å². The van der Waals surface area contributed by atoms with Gasteiger partial charge in [0.25, 0.3) is 6.43 Å². The molecule has 6 heteroatoms. The van der Waals surface area contributed by atoms with Crippen LogP contribution >= 0.6 is 15.9 Å². The van der Waals surface area contributed by atoms with Gasteiger partial charge in [0, 0.05) is 0 Å². The van der Waals surface area contributed by atoms with E-state index < -0.39 is 12.5 Å². The van der Waals surface area contributed by atoms with Crippen molar-refractivity contribution >= 4 is 15.9 Å². The highest BCUT2D eigenvalue weighted by atomic mass is 79.9. The number of nitrogens with two attached hydrogens (primary N) is 1. The van der Waals surface area contributed by atoms with Gasteiger partial charge in [0.15, 0.2) is 11.5 Å². The number of phenolic OH excluding ortho intramolecular Hbond substituents is 1. The van der Waals surface area contributed by atoms with Gasteiger partial charge >= 0.3 is 0 Å². The van der Waals surface area contributed by atoms with Crippen molar-refractivity contribution in [2.24, 2.45) is 5.73 Å². The molecular weight excluding hydrogens is 272 g/mol. The van der Waals surface area contributed by atoms with E-state index in [1.807, 2.05) is 0 Å². The van der Waals surface area contributed by atoms with Crippen molar-refractivity contribution in [1.82, 2.24) is 0 Å². The Morgan fingerprint density at radius 3 is 2.53 bits per heavy atom. The van der Waals surface area contributed by atoms with Gasteiger partial charge < -0.3 is 15.6 Å². The van der Waals surface area contributed by atoms with Crippen molar-refractivity contribution in [2.75, 3.05) is 7.11 Å². The number of hydrogen-bond acceptors (Lipinski definition) is 3. The number of phenols is 1. The molecule has 1 aromatic carbocycles. The zero-order chi connectivity index (χ0) is 11.6. The van der Waals surface area contributed by atoms with E-state index in [4.69, 9.17) is 10.5 Å². The molecule has 3 nitrogen and oxygen atoms in total. The lowest BCUT2D eigenvalue weighted by molar-refractivity contribution is 0.116. The fourth-order valence-electron chi connectivity index (χ4n) is 1.09. The lowest BCUT2D eigenvalue weighted by Gasteiger charge is -2.13. The lowest BCUT2D eigenvalue weighted by Crippen LogP contribution is -2.18. The smallest absolute Gasteiger partial charge is 0.257 e. The molecule has 0 aromatic heterocycles. The van der Waals surface area contributed by atoms with E-state index >= 15 is 0 Å². The summed E-state index contributed by atoms with van der Waals surface area (Å²) in [5, 5.41) is 9.44. The summed E-state index contributed by atoms with van der Waals surface area (Å²) < 4.78 is 29.8. The summed E-state index contributed by atoms with van der Waals surface area (Å²) in [7, 11) is 1.33. The third-order valence-corrected chi connectivity index (χ3v) is 2.53. The SMILES string of the molecule is COc1cc(C(N)C(F)F)cc(Br)c1O. The molecule has 1 rings (SSSR count). The minimum atomic E-state index is -2.66. The summed E-state index contributed by atoms with van der Waals surface area (Å²) in [5.74, 6) is -0.0295. The number of halogens is 3. The van der Waals surface area contributed by atoms with Crippen LogP contribution in [-0.2, 0) is 0 Å². The minimum Gasteiger partial charge on any atom is -0.503 e. The molecule has 0 amide bonds. The summed E-state index contributed by atoms with van der Waals surface area (Å²) in [6.45, 7) is 0. The van der Waals surface area contributed by atoms with E-state index in [2.05, 4.69) is 15.9 Å². The van der Waals surface area contributed by atoms with Crippen LogP contribution in [0.4, 0.5) is 8.78 Å². The summed E-state index contributed by atoms with van der Waals surface area (Å²) in [6.07, 6.45) is -2.66. The molecule has 0 aliphatic rings. The monoisotopic (exact) mass is 281 g/mol. The van der Waals surface area contributed by atoms with Crippen LogP contribution in [0.5, 0.6) is 11.5 Å². The normalized spacial score (nSPS) is 12.9. The molecule has 0 bridgehead atoms. The first-order valence-corrected chi connectivity index (χ1v) is 4.86. The van der Waals surface area contributed by atoms with Crippen molar-refractivity contribution in [1.29, 1.82) is 0 Å². The molecule has 1 unspecified atom stereocenters. The average Bonchev–Trinajstić information content (AvgIpc) is 2.20. The van der Waals surface area contributed by atoms with Crippen molar-refractivity contribution < 1.29 is 18.6 Å². The molecule has 84 valence electrons. The van der Waals surface area contributed by atoms with E-state index in [1.54, 1.807) is 0 Å². The second-order valence-corrected chi connectivity index (χ2v) is 3.77. The highest BCUT2D eigenvalue weighted by Gasteiger charge is 2.20. The van der Waals surface area contributed by atoms with Crippen LogP contribution in [0, 0.1) is 0 Å². The van der Waals surface area contributed by atoms with E-state index in [-0.39, 0.29) is 21.5 Å². The second-order valence-electron chi connectivity index (χ2n) is 2.91. The van der Waals surface area contributed by atoms with Crippen molar-refractivity contribution in [3.63, 3.8) is 0 Å². The highest BCUT2D eigenvalue weighted by Crippen LogP contribution is 2.37. The van der Waals surface area contributed by atoms with Crippen LogP contribution in [0.15, 0.2) is 16.6 Å². The minimum absolute atomic E-state index is 0.107. The highest BCUT2D eigenvalue weighted by molar-refractivity contribution is 9.10. The Hall–Kier alpha value is -0.880. The Labute approximate surface area is 94.0 Å². The summed E-state index contributed by atoms with van der Waals surface area (Å²) in [4.78, 5) is 0. The molecule has 0 fully saturated rings. The average molecular weight is 282 g/mol. The second kappa shape index (κ2) is 4.76. The van der Waals surface area contributed by atoms with Gasteiger partial charge in [-0.1, -0.05) is 0 Å². The van der Waals surface area contributed by atoms with Crippen LogP contribution in [0.3, 0.4) is 0 Å². The Morgan fingerprint density at radius 2 is 2.07 bits per heavy atom. The number of hydrogen-bond donors (Lipinski definition) is 2. The van der Waals surface area contributed by atoms with Gasteiger partial charge in [0.05, 0.1) is 17.6 Å². The first-order chi connectivity index (χ1) is 6.97. The standard InChI is InChI=1S/C9H10BrF2NO2/c1-15-6-3-4(7(13)9(11)12)2-5(10)8(6)14/h2-3,7,9,14H,13H2,1H3. The first kappa shape index (κ1) is 12.2. The van der Waals surface area contributed by atoms with Gasteiger partial charge in [-0.2, -0.15) is 0 Å². The Balaban J connectivity index is 3.16. The van der Waals surface area contributed by atoms with E-state index in [1.165, 1.54) is 19.2 Å². The topological polar surface area (TPSA) is 55.5 Å².